The smallest absolute Gasteiger partial charge is 0.314 e. The fraction of sp³-hybridized carbons (Fsp3) is 0.211. The van der Waals surface area contributed by atoms with E-state index in [1.165, 1.54) is 24.3 Å². The summed E-state index contributed by atoms with van der Waals surface area (Å²) in [6.07, 6.45) is 0. The van der Waals surface area contributed by atoms with Crippen LogP contribution in [-0.4, -0.2) is 17.7 Å². The molecule has 0 aromatic heterocycles. The molecule has 4 N–H and O–H groups in total. The van der Waals surface area contributed by atoms with E-state index in [4.69, 9.17) is 5.73 Å². The molecule has 0 fully saturated rings. The molecular weight excluding hydrogens is 318 g/mol. The normalized spacial score (nSPS) is 10.4. The lowest BCUT2D eigenvalue weighted by Crippen LogP contribution is -2.29. The number of nitrogens with two attached hydrogens (primary N) is 1. The number of hydrogen-bond donors (Lipinski definition) is 3. The van der Waals surface area contributed by atoms with Gasteiger partial charge in [0.25, 0.3) is 0 Å². The zero-order valence-electron chi connectivity index (χ0n) is 14.4. The molecule has 0 saturated heterocycles. The van der Waals surface area contributed by atoms with E-state index < -0.39 is 17.7 Å². The predicted octanol–water partition coefficient (Wildman–Crippen LogP) is 2.79. The lowest BCUT2D eigenvalue weighted by Gasteiger charge is -2.16. The molecule has 3 amide bonds. The lowest BCUT2D eigenvalue weighted by atomic mass is 9.98. The summed E-state index contributed by atoms with van der Waals surface area (Å²) < 4.78 is 0. The molecule has 130 valence electrons. The first-order valence-corrected chi connectivity index (χ1v) is 7.91. The van der Waals surface area contributed by atoms with Crippen LogP contribution in [0.2, 0.25) is 0 Å². The largest absolute Gasteiger partial charge is 0.366 e. The molecule has 2 aromatic rings. The van der Waals surface area contributed by atoms with Gasteiger partial charge in [-0.1, -0.05) is 32.0 Å². The average Bonchev–Trinajstić information content (AvgIpc) is 2.56. The maximum atomic E-state index is 12.2. The van der Waals surface area contributed by atoms with Crippen molar-refractivity contribution in [3.8, 4) is 0 Å². The van der Waals surface area contributed by atoms with Gasteiger partial charge >= 0.3 is 11.8 Å². The van der Waals surface area contributed by atoms with E-state index in [-0.39, 0.29) is 5.92 Å². The Bertz CT molecular complexity index is 811. The van der Waals surface area contributed by atoms with Gasteiger partial charge < -0.3 is 16.4 Å². The summed E-state index contributed by atoms with van der Waals surface area (Å²) in [6.45, 7) is 5.91. The average molecular weight is 339 g/mol. The molecule has 0 unspecified atom stereocenters. The quantitative estimate of drug-likeness (QED) is 0.747. The summed E-state index contributed by atoms with van der Waals surface area (Å²) >= 11 is 0. The van der Waals surface area contributed by atoms with Crippen LogP contribution in [0.5, 0.6) is 0 Å². The zero-order valence-corrected chi connectivity index (χ0v) is 14.4. The van der Waals surface area contributed by atoms with E-state index in [0.29, 0.717) is 16.9 Å². The lowest BCUT2D eigenvalue weighted by molar-refractivity contribution is -0.133. The van der Waals surface area contributed by atoms with Crippen LogP contribution in [0.3, 0.4) is 0 Å². The summed E-state index contributed by atoms with van der Waals surface area (Å²) in [4.78, 5) is 35.4. The second-order valence-electron chi connectivity index (χ2n) is 6.04. The maximum absolute atomic E-state index is 12.2. The van der Waals surface area contributed by atoms with Gasteiger partial charge in [0.2, 0.25) is 5.91 Å². The molecule has 0 spiro atoms. The van der Waals surface area contributed by atoms with Crippen LogP contribution in [0.15, 0.2) is 42.5 Å². The fourth-order valence-corrected chi connectivity index (χ4v) is 2.42. The van der Waals surface area contributed by atoms with E-state index in [2.05, 4.69) is 10.6 Å². The van der Waals surface area contributed by atoms with Crippen LogP contribution in [-0.2, 0) is 9.59 Å². The third kappa shape index (κ3) is 4.44. The Balaban J connectivity index is 2.11. The van der Waals surface area contributed by atoms with Crippen molar-refractivity contribution in [3.05, 3.63) is 59.2 Å². The summed E-state index contributed by atoms with van der Waals surface area (Å²) in [5.41, 5.74) is 8.39. The van der Waals surface area contributed by atoms with Crippen molar-refractivity contribution in [1.82, 2.24) is 0 Å². The van der Waals surface area contributed by atoms with Gasteiger partial charge in [-0.05, 0) is 48.2 Å². The number of anilines is 2. The molecule has 0 bridgehead atoms. The fourth-order valence-electron chi connectivity index (χ4n) is 2.42. The SMILES string of the molecule is Cc1cccc(C(C)C)c1NC(=O)C(=O)Nc1ccc(C(N)=O)cc1. The first-order chi connectivity index (χ1) is 11.8. The molecule has 6 nitrogen and oxygen atoms in total. The Hall–Kier alpha value is -3.15. The highest BCUT2D eigenvalue weighted by molar-refractivity contribution is 6.43. The number of rotatable bonds is 4. The third-order valence-electron chi connectivity index (χ3n) is 3.80. The van der Waals surface area contributed by atoms with Crippen LogP contribution in [0, 0.1) is 6.92 Å². The van der Waals surface area contributed by atoms with Crippen LogP contribution >= 0.6 is 0 Å². The molecule has 2 aromatic carbocycles. The predicted molar refractivity (Wildman–Crippen MR) is 97.5 cm³/mol. The van der Waals surface area contributed by atoms with Gasteiger partial charge in [-0.2, -0.15) is 0 Å². The molecule has 6 heteroatoms. The van der Waals surface area contributed by atoms with Crippen LogP contribution in [0.4, 0.5) is 11.4 Å². The van der Waals surface area contributed by atoms with E-state index >= 15 is 0 Å². The summed E-state index contributed by atoms with van der Waals surface area (Å²) in [5.74, 6) is -1.89. The van der Waals surface area contributed by atoms with Gasteiger partial charge in [-0.3, -0.25) is 14.4 Å². The Labute approximate surface area is 146 Å². The van der Waals surface area contributed by atoms with E-state index in [1.807, 2.05) is 39.0 Å². The number of nitrogens with one attached hydrogen (secondary N) is 2. The minimum absolute atomic E-state index is 0.208. The van der Waals surface area contributed by atoms with E-state index in [0.717, 1.165) is 11.1 Å². The van der Waals surface area contributed by atoms with Crippen molar-refractivity contribution in [2.75, 3.05) is 10.6 Å². The number of carbonyl (C=O) groups excluding carboxylic acids is 3. The molecule has 0 radical (unpaired) electrons. The summed E-state index contributed by atoms with van der Waals surface area (Å²) in [7, 11) is 0. The number of benzene rings is 2. The molecule has 0 heterocycles. The number of aryl methyl sites for hydroxylation is 1. The van der Waals surface area contributed by atoms with Gasteiger partial charge in [-0.15, -0.1) is 0 Å². The van der Waals surface area contributed by atoms with Gasteiger partial charge in [0.1, 0.15) is 0 Å². The van der Waals surface area contributed by atoms with Crippen molar-refractivity contribution < 1.29 is 14.4 Å². The number of hydrogen-bond acceptors (Lipinski definition) is 3. The Kier molecular flexibility index (Phi) is 5.54. The van der Waals surface area contributed by atoms with Crippen LogP contribution in [0.1, 0.15) is 41.3 Å². The van der Waals surface area contributed by atoms with Gasteiger partial charge in [0.05, 0.1) is 0 Å². The first-order valence-electron chi connectivity index (χ1n) is 7.91. The van der Waals surface area contributed by atoms with Crippen molar-refractivity contribution in [2.45, 2.75) is 26.7 Å². The van der Waals surface area contributed by atoms with E-state index in [1.54, 1.807) is 0 Å². The molecule has 2 rings (SSSR count). The monoisotopic (exact) mass is 339 g/mol. The number of carbonyl (C=O) groups is 3. The summed E-state index contributed by atoms with van der Waals surface area (Å²) in [6, 6.07) is 11.7. The summed E-state index contributed by atoms with van der Waals surface area (Å²) in [5, 5.41) is 5.18. The van der Waals surface area contributed by atoms with Crippen molar-refractivity contribution >= 4 is 29.1 Å². The first kappa shape index (κ1) is 18.2. The maximum Gasteiger partial charge on any atom is 0.314 e. The minimum Gasteiger partial charge on any atom is -0.366 e. The van der Waals surface area contributed by atoms with Gasteiger partial charge in [0, 0.05) is 16.9 Å². The Morgan fingerprint density at radius 3 is 2.08 bits per heavy atom. The van der Waals surface area contributed by atoms with Crippen molar-refractivity contribution in [1.29, 1.82) is 0 Å². The second-order valence-corrected chi connectivity index (χ2v) is 6.04. The third-order valence-corrected chi connectivity index (χ3v) is 3.80. The second kappa shape index (κ2) is 7.61. The van der Waals surface area contributed by atoms with Gasteiger partial charge in [0.15, 0.2) is 0 Å². The highest BCUT2D eigenvalue weighted by Crippen LogP contribution is 2.27. The molecular formula is C19H21N3O3. The number of amides is 3. The molecule has 25 heavy (non-hydrogen) atoms. The molecule has 0 aliphatic carbocycles. The molecule has 0 saturated carbocycles. The van der Waals surface area contributed by atoms with Crippen molar-refractivity contribution in [3.63, 3.8) is 0 Å². The standard InChI is InChI=1S/C19H21N3O3/c1-11(2)15-6-4-5-12(3)16(15)22-19(25)18(24)21-14-9-7-13(8-10-14)17(20)23/h4-11H,1-3H3,(H2,20,23)(H,21,24)(H,22,25). The number of primary amides is 1. The number of para-hydroxylation sites is 1. The molecule has 0 aliphatic rings. The van der Waals surface area contributed by atoms with Crippen LogP contribution in [0.25, 0.3) is 0 Å². The van der Waals surface area contributed by atoms with Gasteiger partial charge in [-0.25, -0.2) is 0 Å². The van der Waals surface area contributed by atoms with Crippen LogP contribution < -0.4 is 16.4 Å². The van der Waals surface area contributed by atoms with Crippen molar-refractivity contribution in [2.24, 2.45) is 5.73 Å². The van der Waals surface area contributed by atoms with E-state index in [9.17, 15) is 14.4 Å². The minimum atomic E-state index is -0.787. The highest BCUT2D eigenvalue weighted by atomic mass is 16.2. The Morgan fingerprint density at radius 2 is 1.52 bits per heavy atom. The zero-order chi connectivity index (χ0) is 18.6. The highest BCUT2D eigenvalue weighted by Gasteiger charge is 2.18. The topological polar surface area (TPSA) is 101 Å². The Morgan fingerprint density at radius 1 is 0.920 bits per heavy atom. The molecule has 0 atom stereocenters. The molecule has 0 aliphatic heterocycles.